The van der Waals surface area contributed by atoms with Crippen molar-refractivity contribution in [2.45, 2.75) is 41.7 Å². The van der Waals surface area contributed by atoms with Gasteiger partial charge in [-0.3, -0.25) is 19.7 Å². The highest BCUT2D eigenvalue weighted by atomic mass is 32.2. The van der Waals surface area contributed by atoms with E-state index in [0.717, 1.165) is 43.5 Å². The first-order valence-electron chi connectivity index (χ1n) is 10.5. The third-order valence-corrected chi connectivity index (χ3v) is 6.88. The summed E-state index contributed by atoms with van der Waals surface area (Å²) < 4.78 is 16.9. The molecule has 1 fully saturated rings. The largest absolute Gasteiger partial charge is 0.365 e. The normalized spacial score (nSPS) is 13.7. The number of benzene rings is 2. The highest BCUT2D eigenvalue weighted by Gasteiger charge is 2.27. The van der Waals surface area contributed by atoms with Crippen molar-refractivity contribution in [1.82, 2.24) is 14.8 Å². The van der Waals surface area contributed by atoms with Crippen LogP contribution in [0.5, 0.6) is 0 Å². The van der Waals surface area contributed by atoms with E-state index in [-0.39, 0.29) is 28.4 Å². The molecule has 1 aromatic heterocycles. The number of primary amides is 1. The van der Waals surface area contributed by atoms with E-state index in [1.165, 1.54) is 24.5 Å². The number of aryl methyl sites for hydroxylation is 1. The minimum atomic E-state index is -0.918. The zero-order valence-electron chi connectivity index (χ0n) is 18.2. The van der Waals surface area contributed by atoms with Gasteiger partial charge in [-0.2, -0.15) is 0 Å². The average Bonchev–Trinajstić information content (AvgIpc) is 3.47. The molecule has 12 heteroatoms. The molecule has 0 unspecified atom stereocenters. The van der Waals surface area contributed by atoms with E-state index in [1.54, 1.807) is 17.7 Å². The molecule has 0 radical (unpaired) electrons. The van der Waals surface area contributed by atoms with Crippen molar-refractivity contribution in [2.24, 2.45) is 12.8 Å². The number of anilines is 1. The number of nitro benzene ring substituents is 1. The van der Waals surface area contributed by atoms with Crippen LogP contribution in [0.3, 0.4) is 0 Å². The Hall–Kier alpha value is -3.80. The van der Waals surface area contributed by atoms with Crippen LogP contribution in [0, 0.1) is 15.9 Å². The van der Waals surface area contributed by atoms with Crippen LogP contribution < -0.4 is 11.1 Å². The fraction of sp³-hybridized carbons (Fsp3) is 0.273. The molecule has 10 nitrogen and oxygen atoms in total. The fourth-order valence-corrected chi connectivity index (χ4v) is 4.94. The van der Waals surface area contributed by atoms with Crippen molar-refractivity contribution in [1.29, 1.82) is 0 Å². The van der Waals surface area contributed by atoms with Crippen LogP contribution in [0.1, 0.15) is 57.9 Å². The second kappa shape index (κ2) is 9.59. The summed E-state index contributed by atoms with van der Waals surface area (Å²) in [6, 6.07) is 6.78. The van der Waals surface area contributed by atoms with Crippen LogP contribution in [-0.2, 0) is 7.05 Å². The highest BCUT2D eigenvalue weighted by molar-refractivity contribution is 7.99. The van der Waals surface area contributed by atoms with E-state index in [9.17, 15) is 19.7 Å². The molecular formula is C22H21FN6O4S. The van der Waals surface area contributed by atoms with E-state index < -0.39 is 22.6 Å². The van der Waals surface area contributed by atoms with Crippen LogP contribution >= 0.6 is 11.8 Å². The summed E-state index contributed by atoms with van der Waals surface area (Å²) >= 11 is 1.08. The van der Waals surface area contributed by atoms with Gasteiger partial charge in [0, 0.05) is 24.1 Å². The third kappa shape index (κ3) is 4.62. The number of halogens is 1. The Morgan fingerprint density at radius 2 is 2.00 bits per heavy atom. The summed E-state index contributed by atoms with van der Waals surface area (Å²) in [6.45, 7) is 0. The molecule has 1 aliphatic rings. The Labute approximate surface area is 197 Å². The predicted octanol–water partition coefficient (Wildman–Crippen LogP) is 4.02. The Morgan fingerprint density at radius 3 is 2.62 bits per heavy atom. The molecule has 176 valence electrons. The number of amides is 2. The maximum Gasteiger partial charge on any atom is 0.270 e. The van der Waals surface area contributed by atoms with Crippen molar-refractivity contribution < 1.29 is 18.9 Å². The number of nitro groups is 1. The molecule has 34 heavy (non-hydrogen) atoms. The lowest BCUT2D eigenvalue weighted by Crippen LogP contribution is -2.20. The lowest BCUT2D eigenvalue weighted by Gasteiger charge is -2.17. The highest BCUT2D eigenvalue weighted by Crippen LogP contribution is 2.38. The van der Waals surface area contributed by atoms with Crippen molar-refractivity contribution in [3.63, 3.8) is 0 Å². The molecule has 0 aliphatic heterocycles. The first-order chi connectivity index (χ1) is 16.3. The summed E-state index contributed by atoms with van der Waals surface area (Å²) in [6.07, 6.45) is 5.12. The number of rotatable bonds is 7. The first-order valence-corrected chi connectivity index (χ1v) is 11.3. The Balaban J connectivity index is 1.70. The lowest BCUT2D eigenvalue weighted by atomic mass is 9.91. The molecular weight excluding hydrogens is 463 g/mol. The molecule has 2 aromatic carbocycles. The summed E-state index contributed by atoms with van der Waals surface area (Å²) in [7, 11) is 1.71. The average molecular weight is 485 g/mol. The number of hydrogen-bond acceptors (Lipinski definition) is 7. The van der Waals surface area contributed by atoms with Crippen molar-refractivity contribution in [3.05, 3.63) is 69.3 Å². The standard InChI is InChI=1S/C22H21FN6O4S/c1-28-11-25-27-22(28)34-17-9-6-13(29(32)33)10-15(17)21(31)26-16-8-7-14(12-4-2-3-5-12)18(19(16)23)20(24)30/h6-12H,2-5H2,1H3,(H2,24,30)(H,26,31). The lowest BCUT2D eigenvalue weighted by molar-refractivity contribution is -0.384. The van der Waals surface area contributed by atoms with Crippen LogP contribution in [0.25, 0.3) is 0 Å². The van der Waals surface area contributed by atoms with E-state index >= 15 is 4.39 Å². The van der Waals surface area contributed by atoms with Gasteiger partial charge in [0.15, 0.2) is 11.0 Å². The molecule has 1 heterocycles. The van der Waals surface area contributed by atoms with Crippen LogP contribution in [0.4, 0.5) is 15.8 Å². The van der Waals surface area contributed by atoms with Gasteiger partial charge in [0.05, 0.1) is 21.7 Å². The van der Waals surface area contributed by atoms with Gasteiger partial charge in [0.25, 0.3) is 17.5 Å². The molecule has 3 N–H and O–H groups in total. The third-order valence-electron chi connectivity index (χ3n) is 5.75. The van der Waals surface area contributed by atoms with Crippen LogP contribution in [0.15, 0.2) is 46.7 Å². The number of aromatic nitrogens is 3. The molecule has 1 aliphatic carbocycles. The Morgan fingerprint density at radius 1 is 1.26 bits per heavy atom. The molecule has 3 aromatic rings. The smallest absolute Gasteiger partial charge is 0.270 e. The monoisotopic (exact) mass is 484 g/mol. The second-order valence-corrected chi connectivity index (χ2v) is 8.96. The van der Waals surface area contributed by atoms with E-state index in [2.05, 4.69) is 15.5 Å². The van der Waals surface area contributed by atoms with Gasteiger partial charge in [-0.25, -0.2) is 4.39 Å². The number of non-ortho nitro benzene ring substituents is 1. The molecule has 2 amide bonds. The quantitative estimate of drug-likeness (QED) is 0.380. The number of nitrogens with two attached hydrogens (primary N) is 1. The zero-order valence-corrected chi connectivity index (χ0v) is 19.0. The van der Waals surface area contributed by atoms with Crippen molar-refractivity contribution in [2.75, 3.05) is 5.32 Å². The van der Waals surface area contributed by atoms with E-state index in [4.69, 9.17) is 5.73 Å². The maximum absolute atomic E-state index is 15.3. The van der Waals surface area contributed by atoms with Crippen molar-refractivity contribution in [3.8, 4) is 0 Å². The van der Waals surface area contributed by atoms with Gasteiger partial charge in [-0.15, -0.1) is 10.2 Å². The van der Waals surface area contributed by atoms with Gasteiger partial charge in [0.2, 0.25) is 0 Å². The Bertz CT molecular complexity index is 1290. The minimum absolute atomic E-state index is 0.0351. The maximum atomic E-state index is 15.3. The van der Waals surface area contributed by atoms with Crippen LogP contribution in [0.2, 0.25) is 0 Å². The van der Waals surface area contributed by atoms with Gasteiger partial charge in [0.1, 0.15) is 6.33 Å². The van der Waals surface area contributed by atoms with Gasteiger partial charge in [-0.05, 0) is 48.2 Å². The summed E-state index contributed by atoms with van der Waals surface area (Å²) in [4.78, 5) is 36.2. The Kier molecular flexibility index (Phi) is 6.59. The molecule has 4 rings (SSSR count). The minimum Gasteiger partial charge on any atom is -0.365 e. The fourth-order valence-electron chi connectivity index (χ4n) is 4.07. The molecule has 0 saturated heterocycles. The summed E-state index contributed by atoms with van der Waals surface area (Å²) in [5.74, 6) is -2.58. The van der Waals surface area contributed by atoms with Gasteiger partial charge >= 0.3 is 0 Å². The van der Waals surface area contributed by atoms with Crippen molar-refractivity contribution >= 4 is 35.0 Å². The molecule has 0 bridgehead atoms. The van der Waals surface area contributed by atoms with Gasteiger partial charge in [-0.1, -0.05) is 18.9 Å². The zero-order chi connectivity index (χ0) is 24.4. The SMILES string of the molecule is Cn1cnnc1Sc1ccc([N+](=O)[O-])cc1C(=O)Nc1ccc(C2CCCC2)c(C(N)=O)c1F. The van der Waals surface area contributed by atoms with Gasteiger partial charge < -0.3 is 15.6 Å². The molecule has 0 spiro atoms. The number of nitrogens with zero attached hydrogens (tertiary/aromatic N) is 4. The molecule has 0 atom stereocenters. The second-order valence-electron chi connectivity index (χ2n) is 7.96. The van der Waals surface area contributed by atoms with E-state index in [1.807, 2.05) is 0 Å². The number of carbonyl (C=O) groups excluding carboxylic acids is 2. The summed E-state index contributed by atoms with van der Waals surface area (Å²) in [5.41, 5.74) is 5.18. The number of carbonyl (C=O) groups is 2. The summed E-state index contributed by atoms with van der Waals surface area (Å²) in [5, 5.41) is 21.9. The van der Waals surface area contributed by atoms with Crippen LogP contribution in [-0.4, -0.2) is 31.5 Å². The number of nitrogens with one attached hydrogen (secondary N) is 1. The van der Waals surface area contributed by atoms with E-state index in [0.29, 0.717) is 15.6 Å². The first kappa shape index (κ1) is 23.4. The molecule has 1 saturated carbocycles. The topological polar surface area (TPSA) is 146 Å². The predicted molar refractivity (Wildman–Crippen MR) is 122 cm³/mol. The number of hydrogen-bond donors (Lipinski definition) is 2.